The zero-order valence-electron chi connectivity index (χ0n) is 20.1. The fraction of sp³-hybridized carbons (Fsp3) is 0.276. The molecule has 1 heterocycles. The third-order valence-electron chi connectivity index (χ3n) is 6.38. The fourth-order valence-corrected chi connectivity index (χ4v) is 4.04. The molecular formula is C29H28O7. The highest BCUT2D eigenvalue weighted by atomic mass is 16.7. The molecule has 3 aromatic carbocycles. The van der Waals surface area contributed by atoms with Gasteiger partial charge in [-0.05, 0) is 42.3 Å². The van der Waals surface area contributed by atoms with E-state index in [1.54, 1.807) is 84.9 Å². The molecule has 1 aliphatic heterocycles. The summed E-state index contributed by atoms with van der Waals surface area (Å²) in [6, 6.07) is 25.7. The van der Waals surface area contributed by atoms with Crippen LogP contribution in [0.25, 0.3) is 0 Å². The van der Waals surface area contributed by atoms with Crippen molar-refractivity contribution in [2.45, 2.75) is 32.3 Å². The summed E-state index contributed by atoms with van der Waals surface area (Å²) in [6.07, 6.45) is -2.62. The Morgan fingerprint density at radius 1 is 0.639 bits per heavy atom. The minimum absolute atomic E-state index is 0.0437. The molecule has 0 bridgehead atoms. The van der Waals surface area contributed by atoms with Crippen LogP contribution in [0.15, 0.2) is 91.0 Å². The van der Waals surface area contributed by atoms with Crippen molar-refractivity contribution in [3.63, 3.8) is 0 Å². The first-order chi connectivity index (χ1) is 17.4. The number of carbonyl (C=O) groups is 3. The van der Waals surface area contributed by atoms with Gasteiger partial charge in [-0.25, -0.2) is 14.4 Å². The number of hydrogen-bond donors (Lipinski definition) is 0. The van der Waals surface area contributed by atoms with Crippen LogP contribution < -0.4 is 0 Å². The summed E-state index contributed by atoms with van der Waals surface area (Å²) in [6.45, 7) is 3.77. The number of carbonyl (C=O) groups excluding carboxylic acids is 3. The quantitative estimate of drug-likeness (QED) is 0.344. The maximum Gasteiger partial charge on any atom is 0.340 e. The van der Waals surface area contributed by atoms with Crippen LogP contribution in [-0.2, 0) is 18.9 Å². The molecule has 7 heteroatoms. The van der Waals surface area contributed by atoms with Crippen LogP contribution in [0, 0.1) is 11.8 Å². The van der Waals surface area contributed by atoms with Crippen LogP contribution in [0.3, 0.4) is 0 Å². The van der Waals surface area contributed by atoms with E-state index in [0.29, 0.717) is 16.7 Å². The van der Waals surface area contributed by atoms with E-state index < -0.39 is 36.4 Å². The van der Waals surface area contributed by atoms with Crippen LogP contribution in [-0.4, -0.2) is 43.0 Å². The molecule has 1 aliphatic rings. The number of esters is 3. The summed E-state index contributed by atoms with van der Waals surface area (Å²) in [5.41, 5.74) is 1.15. The van der Waals surface area contributed by atoms with Gasteiger partial charge in [0.05, 0.1) is 22.8 Å². The highest BCUT2D eigenvalue weighted by Gasteiger charge is 2.46. The van der Waals surface area contributed by atoms with Gasteiger partial charge >= 0.3 is 17.9 Å². The highest BCUT2D eigenvalue weighted by Crippen LogP contribution is 2.34. The molecule has 0 radical (unpaired) electrons. The molecule has 0 aliphatic carbocycles. The Balaban J connectivity index is 1.51. The molecule has 3 aromatic rings. The first kappa shape index (κ1) is 25.1. The van der Waals surface area contributed by atoms with Gasteiger partial charge in [-0.1, -0.05) is 68.4 Å². The predicted octanol–water partition coefficient (Wildman–Crippen LogP) is 4.92. The van der Waals surface area contributed by atoms with Gasteiger partial charge in [0.25, 0.3) is 0 Å². The second-order valence-corrected chi connectivity index (χ2v) is 8.73. The first-order valence-corrected chi connectivity index (χ1v) is 11.8. The summed E-state index contributed by atoms with van der Waals surface area (Å²) in [4.78, 5) is 38.1. The number of benzene rings is 3. The predicted molar refractivity (Wildman–Crippen MR) is 131 cm³/mol. The molecular weight excluding hydrogens is 460 g/mol. The van der Waals surface area contributed by atoms with E-state index in [4.69, 9.17) is 18.9 Å². The van der Waals surface area contributed by atoms with Crippen molar-refractivity contribution < 1.29 is 33.3 Å². The highest BCUT2D eigenvalue weighted by molar-refractivity contribution is 5.90. The lowest BCUT2D eigenvalue weighted by molar-refractivity contribution is -0.254. The van der Waals surface area contributed by atoms with E-state index in [2.05, 4.69) is 0 Å². The van der Waals surface area contributed by atoms with E-state index in [0.717, 1.165) is 0 Å². The molecule has 1 fully saturated rings. The van der Waals surface area contributed by atoms with Crippen molar-refractivity contribution >= 4 is 17.9 Å². The lowest BCUT2D eigenvalue weighted by Gasteiger charge is -2.43. The van der Waals surface area contributed by atoms with E-state index >= 15 is 0 Å². The number of rotatable bonds is 7. The second-order valence-electron chi connectivity index (χ2n) is 8.73. The lowest BCUT2D eigenvalue weighted by atomic mass is 9.83. The molecule has 4 rings (SSSR count). The van der Waals surface area contributed by atoms with E-state index in [9.17, 15) is 14.4 Å². The van der Waals surface area contributed by atoms with Crippen molar-refractivity contribution in [2.75, 3.05) is 6.61 Å². The molecule has 0 aromatic heterocycles. The van der Waals surface area contributed by atoms with Gasteiger partial charge in [-0.3, -0.25) is 0 Å². The molecule has 0 saturated carbocycles. The standard InChI is InChI=1S/C29H28O7/c1-19-20(2)25(35-27(31)22-14-8-4-9-15-22)29(36-28(32)23-16-10-5-11-17-23)34-24(19)18-33-26(30)21-12-6-3-7-13-21/h3-17,19-20,24-25,29H,18H2,1-2H3/t19-,20-,24?,25?,29-/m0/s1. The van der Waals surface area contributed by atoms with Crippen LogP contribution >= 0.6 is 0 Å². The summed E-state index contributed by atoms with van der Waals surface area (Å²) >= 11 is 0. The summed E-state index contributed by atoms with van der Waals surface area (Å²) in [5.74, 6) is -2.06. The third-order valence-corrected chi connectivity index (χ3v) is 6.38. The average molecular weight is 489 g/mol. The zero-order valence-corrected chi connectivity index (χ0v) is 20.1. The molecule has 0 N–H and O–H groups in total. The molecule has 2 unspecified atom stereocenters. The lowest BCUT2D eigenvalue weighted by Crippen LogP contribution is -2.54. The Morgan fingerprint density at radius 2 is 1.08 bits per heavy atom. The monoisotopic (exact) mass is 488 g/mol. The van der Waals surface area contributed by atoms with Crippen molar-refractivity contribution in [1.82, 2.24) is 0 Å². The topological polar surface area (TPSA) is 88.1 Å². The molecule has 36 heavy (non-hydrogen) atoms. The number of hydrogen-bond acceptors (Lipinski definition) is 7. The van der Waals surface area contributed by atoms with E-state index in [-0.39, 0.29) is 18.4 Å². The van der Waals surface area contributed by atoms with Gasteiger partial charge in [0, 0.05) is 5.92 Å². The number of ether oxygens (including phenoxy) is 4. The normalized spacial score (nSPS) is 23.3. The smallest absolute Gasteiger partial charge is 0.340 e. The van der Waals surface area contributed by atoms with Gasteiger partial charge in [0.15, 0.2) is 6.10 Å². The second kappa shape index (κ2) is 11.6. The van der Waals surface area contributed by atoms with Crippen LogP contribution in [0.2, 0.25) is 0 Å². The van der Waals surface area contributed by atoms with Crippen molar-refractivity contribution in [1.29, 1.82) is 0 Å². The average Bonchev–Trinajstić information content (AvgIpc) is 2.93. The van der Waals surface area contributed by atoms with Gasteiger partial charge in [-0.2, -0.15) is 0 Å². The minimum atomic E-state index is -1.18. The van der Waals surface area contributed by atoms with Crippen LogP contribution in [0.1, 0.15) is 44.9 Å². The fourth-order valence-electron chi connectivity index (χ4n) is 4.04. The largest absolute Gasteiger partial charge is 0.459 e. The molecule has 1 saturated heterocycles. The Labute approximate surface area is 209 Å². The van der Waals surface area contributed by atoms with Gasteiger partial charge in [-0.15, -0.1) is 0 Å². The van der Waals surface area contributed by atoms with Crippen molar-refractivity contribution in [3.05, 3.63) is 108 Å². The van der Waals surface area contributed by atoms with Gasteiger partial charge in [0.2, 0.25) is 6.29 Å². The zero-order chi connectivity index (χ0) is 25.5. The molecule has 0 amide bonds. The maximum absolute atomic E-state index is 12.8. The van der Waals surface area contributed by atoms with E-state index in [1.807, 2.05) is 19.9 Å². The maximum atomic E-state index is 12.8. The van der Waals surface area contributed by atoms with Crippen LogP contribution in [0.4, 0.5) is 0 Å². The summed E-state index contributed by atoms with van der Waals surface area (Å²) in [7, 11) is 0. The summed E-state index contributed by atoms with van der Waals surface area (Å²) < 4.78 is 23.1. The Bertz CT molecular complexity index is 1160. The Morgan fingerprint density at radius 3 is 1.58 bits per heavy atom. The molecule has 0 spiro atoms. The molecule has 5 atom stereocenters. The third kappa shape index (κ3) is 5.98. The van der Waals surface area contributed by atoms with Crippen LogP contribution in [0.5, 0.6) is 0 Å². The van der Waals surface area contributed by atoms with E-state index in [1.165, 1.54) is 0 Å². The van der Waals surface area contributed by atoms with Crippen molar-refractivity contribution in [2.24, 2.45) is 11.8 Å². The summed E-state index contributed by atoms with van der Waals surface area (Å²) in [5, 5.41) is 0. The Kier molecular flexibility index (Phi) is 8.13. The van der Waals surface area contributed by atoms with Crippen molar-refractivity contribution in [3.8, 4) is 0 Å². The molecule has 7 nitrogen and oxygen atoms in total. The van der Waals surface area contributed by atoms with Gasteiger partial charge in [0.1, 0.15) is 6.61 Å². The minimum Gasteiger partial charge on any atom is -0.459 e. The molecule has 186 valence electrons. The SMILES string of the molecule is C[C@@H]1C(COC(=O)c2ccccc2)O[C@@H](OC(=O)c2ccccc2)C(OC(=O)c2ccccc2)[C@H]1C. The Hall–Kier alpha value is -3.97. The van der Waals surface area contributed by atoms with Gasteiger partial charge < -0.3 is 18.9 Å². The first-order valence-electron chi connectivity index (χ1n) is 11.8.